The molecule has 4 heteroatoms. The van der Waals surface area contributed by atoms with Crippen LogP contribution in [0.2, 0.25) is 5.02 Å². The highest BCUT2D eigenvalue weighted by Crippen LogP contribution is 2.30. The molecule has 3 nitrogen and oxygen atoms in total. The Kier molecular flexibility index (Phi) is 4.33. The van der Waals surface area contributed by atoms with Crippen LogP contribution in [0.25, 0.3) is 0 Å². The molecule has 0 spiro atoms. The molecule has 3 N–H and O–H groups in total. The summed E-state index contributed by atoms with van der Waals surface area (Å²) in [7, 11) is 1.67. The molecule has 0 aliphatic carbocycles. The Morgan fingerprint density at radius 3 is 2.50 bits per heavy atom. The van der Waals surface area contributed by atoms with Crippen molar-refractivity contribution in [3.8, 4) is 0 Å². The molecule has 0 aliphatic heterocycles. The topological polar surface area (TPSA) is 47.3 Å². The van der Waals surface area contributed by atoms with Gasteiger partial charge in [0.25, 0.3) is 0 Å². The van der Waals surface area contributed by atoms with Gasteiger partial charge in [-0.1, -0.05) is 23.7 Å². The molecular formula is C12H19ClN2O. The highest BCUT2D eigenvalue weighted by Gasteiger charge is 2.30. The van der Waals surface area contributed by atoms with Crippen LogP contribution in [0.4, 0.5) is 0 Å². The van der Waals surface area contributed by atoms with Gasteiger partial charge in [0.2, 0.25) is 0 Å². The van der Waals surface area contributed by atoms with Gasteiger partial charge in [-0.25, -0.2) is 0 Å². The van der Waals surface area contributed by atoms with Gasteiger partial charge in [-0.05, 0) is 38.0 Å². The zero-order valence-corrected chi connectivity index (χ0v) is 10.9. The average molecular weight is 243 g/mol. The van der Waals surface area contributed by atoms with Gasteiger partial charge < -0.3 is 4.74 Å². The van der Waals surface area contributed by atoms with Crippen molar-refractivity contribution in [3.05, 3.63) is 34.3 Å². The fourth-order valence-corrected chi connectivity index (χ4v) is 1.79. The molecule has 0 radical (unpaired) electrons. The summed E-state index contributed by atoms with van der Waals surface area (Å²) in [6.07, 6.45) is 0. The fraction of sp³-hybridized carbons (Fsp3) is 0.500. The molecule has 90 valence electrons. The van der Waals surface area contributed by atoms with E-state index in [2.05, 4.69) is 5.43 Å². The van der Waals surface area contributed by atoms with Gasteiger partial charge in [0, 0.05) is 12.1 Å². The number of benzene rings is 1. The van der Waals surface area contributed by atoms with E-state index in [0.29, 0.717) is 0 Å². The third-order valence-electron chi connectivity index (χ3n) is 2.92. The fourth-order valence-electron chi connectivity index (χ4n) is 1.60. The lowest BCUT2D eigenvalue weighted by Gasteiger charge is -2.33. The van der Waals surface area contributed by atoms with E-state index in [4.69, 9.17) is 22.2 Å². The summed E-state index contributed by atoms with van der Waals surface area (Å²) in [6.45, 7) is 5.93. The lowest BCUT2D eigenvalue weighted by molar-refractivity contribution is -0.0111. The Morgan fingerprint density at radius 1 is 1.44 bits per heavy atom. The molecule has 1 atom stereocenters. The van der Waals surface area contributed by atoms with Crippen LogP contribution < -0.4 is 11.3 Å². The van der Waals surface area contributed by atoms with Crippen molar-refractivity contribution in [2.45, 2.75) is 32.4 Å². The molecule has 1 unspecified atom stereocenters. The number of aryl methyl sites for hydroxylation is 1. The second kappa shape index (κ2) is 5.15. The number of rotatable bonds is 4. The molecule has 0 amide bonds. The Bertz CT molecular complexity index is 366. The zero-order valence-electron chi connectivity index (χ0n) is 10.2. The lowest BCUT2D eigenvalue weighted by Crippen LogP contribution is -2.43. The number of hydrogen-bond acceptors (Lipinski definition) is 3. The first-order valence-corrected chi connectivity index (χ1v) is 5.57. The van der Waals surface area contributed by atoms with Crippen molar-refractivity contribution in [2.75, 3.05) is 7.11 Å². The van der Waals surface area contributed by atoms with Gasteiger partial charge in [-0.15, -0.1) is 0 Å². The molecule has 1 aromatic rings. The van der Waals surface area contributed by atoms with Gasteiger partial charge in [0.15, 0.2) is 0 Å². The number of hydrazine groups is 1. The van der Waals surface area contributed by atoms with Gasteiger partial charge in [0.1, 0.15) is 0 Å². The van der Waals surface area contributed by atoms with Crippen LogP contribution in [-0.2, 0) is 4.74 Å². The summed E-state index contributed by atoms with van der Waals surface area (Å²) in [6, 6.07) is 5.80. The van der Waals surface area contributed by atoms with Gasteiger partial charge in [-0.2, -0.15) is 0 Å². The molecule has 0 aromatic heterocycles. The number of methoxy groups -OCH3 is 1. The number of hydrogen-bond donors (Lipinski definition) is 2. The van der Waals surface area contributed by atoms with Gasteiger partial charge in [-0.3, -0.25) is 11.3 Å². The van der Waals surface area contributed by atoms with Crippen LogP contribution in [-0.4, -0.2) is 12.7 Å². The van der Waals surface area contributed by atoms with E-state index in [1.54, 1.807) is 7.11 Å². The van der Waals surface area contributed by atoms with Crippen molar-refractivity contribution in [1.29, 1.82) is 0 Å². The Morgan fingerprint density at radius 2 is 2.06 bits per heavy atom. The number of nitrogens with one attached hydrogen (secondary N) is 1. The van der Waals surface area contributed by atoms with Gasteiger partial charge >= 0.3 is 0 Å². The van der Waals surface area contributed by atoms with E-state index in [1.807, 2.05) is 39.0 Å². The minimum atomic E-state index is -0.395. The van der Waals surface area contributed by atoms with Crippen molar-refractivity contribution in [2.24, 2.45) is 5.84 Å². The lowest BCUT2D eigenvalue weighted by atomic mass is 9.91. The van der Waals surface area contributed by atoms with Crippen molar-refractivity contribution in [3.63, 3.8) is 0 Å². The zero-order chi connectivity index (χ0) is 12.3. The first-order chi connectivity index (χ1) is 7.42. The third-order valence-corrected chi connectivity index (χ3v) is 3.32. The second-order valence-electron chi connectivity index (χ2n) is 4.42. The molecule has 0 bridgehead atoms. The summed E-state index contributed by atoms with van der Waals surface area (Å²) in [4.78, 5) is 0. The van der Waals surface area contributed by atoms with E-state index in [0.717, 1.165) is 16.1 Å². The van der Waals surface area contributed by atoms with E-state index in [-0.39, 0.29) is 6.04 Å². The minimum absolute atomic E-state index is 0.101. The molecule has 0 aliphatic rings. The smallest absolute Gasteiger partial charge is 0.0829 e. The molecule has 0 saturated heterocycles. The molecule has 1 aromatic carbocycles. The predicted molar refractivity (Wildman–Crippen MR) is 67.3 cm³/mol. The van der Waals surface area contributed by atoms with E-state index >= 15 is 0 Å². The quantitative estimate of drug-likeness (QED) is 0.630. The normalized spacial score (nSPS) is 13.9. The minimum Gasteiger partial charge on any atom is -0.377 e. The van der Waals surface area contributed by atoms with Crippen LogP contribution in [0.15, 0.2) is 18.2 Å². The van der Waals surface area contributed by atoms with Crippen molar-refractivity contribution >= 4 is 11.6 Å². The van der Waals surface area contributed by atoms with Crippen LogP contribution in [0.3, 0.4) is 0 Å². The maximum Gasteiger partial charge on any atom is 0.0829 e. The number of halogens is 1. The van der Waals surface area contributed by atoms with Crippen LogP contribution in [0, 0.1) is 6.92 Å². The van der Waals surface area contributed by atoms with Crippen LogP contribution in [0.5, 0.6) is 0 Å². The molecule has 1 rings (SSSR count). The number of nitrogens with two attached hydrogens (primary N) is 1. The van der Waals surface area contributed by atoms with Crippen LogP contribution >= 0.6 is 11.6 Å². The summed E-state index contributed by atoms with van der Waals surface area (Å²) in [5, 5.41) is 0.740. The first-order valence-electron chi connectivity index (χ1n) is 5.19. The van der Waals surface area contributed by atoms with E-state index < -0.39 is 5.60 Å². The second-order valence-corrected chi connectivity index (χ2v) is 4.82. The SMILES string of the molecule is COC(C)(C)C(NN)c1ccc(C)c(Cl)c1. The molecule has 0 heterocycles. The average Bonchev–Trinajstić information content (AvgIpc) is 2.24. The maximum absolute atomic E-state index is 6.10. The van der Waals surface area contributed by atoms with Gasteiger partial charge in [0.05, 0.1) is 11.6 Å². The Labute approximate surface area is 102 Å². The monoisotopic (exact) mass is 242 g/mol. The summed E-state index contributed by atoms with van der Waals surface area (Å²) in [5.74, 6) is 5.58. The number of ether oxygens (including phenoxy) is 1. The summed E-state index contributed by atoms with van der Waals surface area (Å²) < 4.78 is 5.43. The summed E-state index contributed by atoms with van der Waals surface area (Å²) >= 11 is 6.10. The van der Waals surface area contributed by atoms with Crippen molar-refractivity contribution in [1.82, 2.24) is 5.43 Å². The summed E-state index contributed by atoms with van der Waals surface area (Å²) in [5.41, 5.74) is 4.45. The first kappa shape index (κ1) is 13.5. The predicted octanol–water partition coefficient (Wildman–Crippen LogP) is 2.58. The van der Waals surface area contributed by atoms with Crippen molar-refractivity contribution < 1.29 is 4.74 Å². The highest BCUT2D eigenvalue weighted by molar-refractivity contribution is 6.31. The standard InChI is InChI=1S/C12H19ClN2O/c1-8-5-6-9(7-10(8)13)11(15-14)12(2,3)16-4/h5-7,11,15H,14H2,1-4H3. The molecule has 16 heavy (non-hydrogen) atoms. The largest absolute Gasteiger partial charge is 0.377 e. The Hall–Kier alpha value is -0.610. The molecule has 0 fully saturated rings. The van der Waals surface area contributed by atoms with E-state index in [9.17, 15) is 0 Å². The molecular weight excluding hydrogens is 224 g/mol. The maximum atomic E-state index is 6.10. The van der Waals surface area contributed by atoms with Crippen LogP contribution in [0.1, 0.15) is 31.0 Å². The van der Waals surface area contributed by atoms with E-state index in [1.165, 1.54) is 0 Å². The highest BCUT2D eigenvalue weighted by atomic mass is 35.5. The molecule has 0 saturated carbocycles. The Balaban J connectivity index is 3.09. The third kappa shape index (κ3) is 2.74.